The van der Waals surface area contributed by atoms with Gasteiger partial charge in [0.25, 0.3) is 0 Å². The zero-order chi connectivity index (χ0) is 16.9. The molecule has 0 amide bonds. The first-order valence-corrected chi connectivity index (χ1v) is 7.86. The number of para-hydroxylation sites is 1. The van der Waals surface area contributed by atoms with E-state index in [0.29, 0.717) is 12.4 Å². The lowest BCUT2D eigenvalue weighted by atomic mass is 10.2. The maximum Gasteiger partial charge on any atom is 0.197 e. The molecular formula is C19H16ClN5O. The molecular weight excluding hydrogens is 350 g/mol. The monoisotopic (exact) mass is 365 g/mol. The summed E-state index contributed by atoms with van der Waals surface area (Å²) in [5, 5.41) is 14.8. The molecule has 0 saturated carbocycles. The van der Waals surface area contributed by atoms with Crippen molar-refractivity contribution in [2.45, 2.75) is 6.61 Å². The van der Waals surface area contributed by atoms with E-state index in [1.165, 1.54) is 0 Å². The van der Waals surface area contributed by atoms with E-state index in [9.17, 15) is 0 Å². The highest BCUT2D eigenvalue weighted by atomic mass is 35.5. The van der Waals surface area contributed by atoms with Crippen molar-refractivity contribution in [3.05, 3.63) is 77.7 Å². The number of hydrogen-bond donors (Lipinski definition) is 1. The van der Waals surface area contributed by atoms with E-state index in [-0.39, 0.29) is 12.4 Å². The van der Waals surface area contributed by atoms with E-state index in [1.54, 1.807) is 6.08 Å². The van der Waals surface area contributed by atoms with Gasteiger partial charge >= 0.3 is 0 Å². The van der Waals surface area contributed by atoms with Crippen LogP contribution in [-0.2, 0) is 6.61 Å². The second-order valence-electron chi connectivity index (χ2n) is 5.46. The van der Waals surface area contributed by atoms with Gasteiger partial charge in [-0.3, -0.25) is 0 Å². The molecule has 2 aromatic heterocycles. The number of nitrogens with one attached hydrogen (secondary N) is 1. The minimum atomic E-state index is 0. The largest absolute Gasteiger partial charge is 0.487 e. The number of hydrogen-bond acceptors (Lipinski definition) is 5. The first-order valence-electron chi connectivity index (χ1n) is 7.86. The van der Waals surface area contributed by atoms with E-state index in [0.717, 1.165) is 27.9 Å². The number of aromatic nitrogens is 5. The maximum absolute atomic E-state index is 5.82. The molecule has 0 atom stereocenters. The lowest BCUT2D eigenvalue weighted by Crippen LogP contribution is -1.98. The molecule has 0 bridgehead atoms. The highest BCUT2D eigenvalue weighted by Gasteiger charge is 2.00. The number of aromatic amines is 1. The molecule has 2 aromatic carbocycles. The van der Waals surface area contributed by atoms with Gasteiger partial charge in [0.05, 0.1) is 11.2 Å². The summed E-state index contributed by atoms with van der Waals surface area (Å²) in [7, 11) is 0. The standard InChI is InChI=1S/C19H15N5O.ClH/c1-2-4-18-15(3-1)8-9-16(20-18)13-25-17-10-5-14(6-11-17)7-12-19-21-23-24-22-19;/h1-12H,13H2,(H,21,22,23,24);1H/b12-7+;. The van der Waals surface area contributed by atoms with Crippen molar-refractivity contribution < 1.29 is 4.74 Å². The summed E-state index contributed by atoms with van der Waals surface area (Å²) >= 11 is 0. The predicted octanol–water partition coefficient (Wildman–Crippen LogP) is 3.92. The smallest absolute Gasteiger partial charge is 0.197 e. The summed E-state index contributed by atoms with van der Waals surface area (Å²) in [6.07, 6.45) is 3.71. The van der Waals surface area contributed by atoms with E-state index < -0.39 is 0 Å². The van der Waals surface area contributed by atoms with Crippen molar-refractivity contribution in [2.75, 3.05) is 0 Å². The SMILES string of the molecule is C(=C\c1nn[nH]n1)/c1ccc(OCc2ccc3ccccc3n2)cc1.Cl. The number of benzene rings is 2. The van der Waals surface area contributed by atoms with E-state index >= 15 is 0 Å². The van der Waals surface area contributed by atoms with Crippen LogP contribution in [0.15, 0.2) is 60.7 Å². The van der Waals surface area contributed by atoms with E-state index in [1.807, 2.05) is 60.7 Å². The van der Waals surface area contributed by atoms with Crippen molar-refractivity contribution in [1.29, 1.82) is 0 Å². The van der Waals surface area contributed by atoms with Gasteiger partial charge in [0.1, 0.15) is 12.4 Å². The van der Waals surface area contributed by atoms with Gasteiger partial charge < -0.3 is 4.74 Å². The topological polar surface area (TPSA) is 76.6 Å². The van der Waals surface area contributed by atoms with Crippen molar-refractivity contribution in [3.8, 4) is 5.75 Å². The van der Waals surface area contributed by atoms with Crippen LogP contribution in [0.3, 0.4) is 0 Å². The molecule has 6 nitrogen and oxygen atoms in total. The molecule has 1 N–H and O–H groups in total. The van der Waals surface area contributed by atoms with Gasteiger partial charge in [0, 0.05) is 5.39 Å². The zero-order valence-corrected chi connectivity index (χ0v) is 14.6. The number of halogens is 1. The third-order valence-corrected chi connectivity index (χ3v) is 3.71. The maximum atomic E-state index is 5.82. The average molecular weight is 366 g/mol. The molecule has 7 heteroatoms. The third kappa shape index (κ3) is 4.23. The minimum absolute atomic E-state index is 0. The molecule has 0 saturated heterocycles. The van der Waals surface area contributed by atoms with Gasteiger partial charge in [-0.1, -0.05) is 42.5 Å². The number of H-pyrrole nitrogens is 1. The van der Waals surface area contributed by atoms with Crippen LogP contribution in [0.2, 0.25) is 0 Å². The Kier molecular flexibility index (Phi) is 5.56. The van der Waals surface area contributed by atoms with Gasteiger partial charge in [0.2, 0.25) is 0 Å². The van der Waals surface area contributed by atoms with Crippen LogP contribution in [0.1, 0.15) is 17.1 Å². The van der Waals surface area contributed by atoms with Crippen LogP contribution in [0, 0.1) is 0 Å². The molecule has 0 radical (unpaired) electrons. The number of ether oxygens (including phenoxy) is 1. The molecule has 26 heavy (non-hydrogen) atoms. The third-order valence-electron chi connectivity index (χ3n) is 3.71. The summed E-state index contributed by atoms with van der Waals surface area (Å²) < 4.78 is 5.82. The van der Waals surface area contributed by atoms with Gasteiger partial charge in [0.15, 0.2) is 5.82 Å². The predicted molar refractivity (Wildman–Crippen MR) is 103 cm³/mol. The second-order valence-corrected chi connectivity index (χ2v) is 5.46. The van der Waals surface area contributed by atoms with E-state index in [2.05, 4.69) is 31.7 Å². The van der Waals surface area contributed by atoms with E-state index in [4.69, 9.17) is 4.74 Å². The first kappa shape index (κ1) is 17.6. The first-order chi connectivity index (χ1) is 12.4. The zero-order valence-electron chi connectivity index (χ0n) is 13.7. The fourth-order valence-corrected chi connectivity index (χ4v) is 2.43. The fraction of sp³-hybridized carbons (Fsp3) is 0.0526. The van der Waals surface area contributed by atoms with Crippen LogP contribution in [-0.4, -0.2) is 25.6 Å². The summed E-state index contributed by atoms with van der Waals surface area (Å²) in [5.41, 5.74) is 2.91. The number of fused-ring (bicyclic) bond motifs is 1. The van der Waals surface area contributed by atoms with Crippen LogP contribution >= 0.6 is 12.4 Å². The lowest BCUT2D eigenvalue weighted by Gasteiger charge is -2.07. The number of rotatable bonds is 5. The Hall–Kier alpha value is -3.25. The Bertz CT molecular complexity index is 1000. The van der Waals surface area contributed by atoms with Crippen LogP contribution in [0.25, 0.3) is 23.1 Å². The van der Waals surface area contributed by atoms with Crippen molar-refractivity contribution in [2.24, 2.45) is 0 Å². The molecule has 0 aliphatic heterocycles. The fourth-order valence-electron chi connectivity index (χ4n) is 2.43. The highest BCUT2D eigenvalue weighted by molar-refractivity contribution is 5.85. The Balaban J connectivity index is 0.00000196. The molecule has 0 spiro atoms. The Morgan fingerprint density at radius 2 is 1.77 bits per heavy atom. The molecule has 0 fully saturated rings. The summed E-state index contributed by atoms with van der Waals surface area (Å²) in [6.45, 7) is 0.433. The van der Waals surface area contributed by atoms with Gasteiger partial charge in [-0.05, 0) is 41.1 Å². The Morgan fingerprint density at radius 3 is 2.58 bits per heavy atom. The van der Waals surface area contributed by atoms with Crippen molar-refractivity contribution in [1.82, 2.24) is 25.6 Å². The second kappa shape index (κ2) is 8.22. The van der Waals surface area contributed by atoms with Crippen LogP contribution in [0.4, 0.5) is 0 Å². The molecule has 0 aliphatic carbocycles. The van der Waals surface area contributed by atoms with Gasteiger partial charge in [-0.2, -0.15) is 5.21 Å². The summed E-state index contributed by atoms with van der Waals surface area (Å²) in [4.78, 5) is 4.61. The van der Waals surface area contributed by atoms with Gasteiger partial charge in [-0.15, -0.1) is 22.6 Å². The molecule has 4 rings (SSSR count). The highest BCUT2D eigenvalue weighted by Crippen LogP contribution is 2.17. The average Bonchev–Trinajstić information content (AvgIpc) is 3.19. The molecule has 2 heterocycles. The number of nitrogens with zero attached hydrogens (tertiary/aromatic N) is 4. The molecule has 4 aromatic rings. The van der Waals surface area contributed by atoms with Crippen LogP contribution < -0.4 is 4.74 Å². The molecule has 0 unspecified atom stereocenters. The lowest BCUT2D eigenvalue weighted by molar-refractivity contribution is 0.302. The minimum Gasteiger partial charge on any atom is -0.487 e. The number of tetrazole rings is 1. The quantitative estimate of drug-likeness (QED) is 0.580. The Morgan fingerprint density at radius 1 is 0.923 bits per heavy atom. The molecule has 130 valence electrons. The number of pyridine rings is 1. The van der Waals surface area contributed by atoms with Gasteiger partial charge in [-0.25, -0.2) is 4.98 Å². The van der Waals surface area contributed by atoms with Crippen LogP contribution in [0.5, 0.6) is 5.75 Å². The van der Waals surface area contributed by atoms with Crippen molar-refractivity contribution in [3.63, 3.8) is 0 Å². The molecule has 0 aliphatic rings. The summed E-state index contributed by atoms with van der Waals surface area (Å²) in [6, 6.07) is 19.9. The van der Waals surface area contributed by atoms with Crippen molar-refractivity contribution >= 4 is 35.5 Å². The summed E-state index contributed by atoms with van der Waals surface area (Å²) in [5.74, 6) is 1.34. The normalized spacial score (nSPS) is 10.8. The Labute approximate surface area is 156 Å².